The molecule has 0 saturated carbocycles. The second kappa shape index (κ2) is 12.5. The van der Waals surface area contributed by atoms with Gasteiger partial charge < -0.3 is 40.9 Å². The Morgan fingerprint density at radius 3 is 2.23 bits per heavy atom. The highest BCUT2D eigenvalue weighted by Crippen LogP contribution is 2.39. The standard InChI is InChI=1S/C28H32N6O5S/c1-17-12-20(29)4-9-23(17)34(21-5-7-22(8-6-21)40(35)36)10-11-39-26-24(37-2)14-18(15-25(26)38-3)13-19-16-32-28(31)33-27(19)30/h4-9,12,14-16H,10-11,13,29H2,1-3H3,(H,35,36)(H4,30,31,32,33)/p-1. The van der Waals surface area contributed by atoms with E-state index < -0.39 is 11.1 Å². The summed E-state index contributed by atoms with van der Waals surface area (Å²) in [7, 11) is 3.11. The van der Waals surface area contributed by atoms with E-state index in [1.165, 1.54) is 0 Å². The summed E-state index contributed by atoms with van der Waals surface area (Å²) < 4.78 is 40.2. The van der Waals surface area contributed by atoms with Gasteiger partial charge in [0, 0.05) is 40.1 Å². The van der Waals surface area contributed by atoms with Gasteiger partial charge in [-0.3, -0.25) is 4.21 Å². The maximum Gasteiger partial charge on any atom is 0.221 e. The van der Waals surface area contributed by atoms with Crippen molar-refractivity contribution >= 4 is 39.9 Å². The molecule has 4 aromatic rings. The first-order valence-corrected chi connectivity index (χ1v) is 13.3. The first-order valence-electron chi connectivity index (χ1n) is 12.3. The highest BCUT2D eigenvalue weighted by Gasteiger charge is 2.18. The number of aromatic nitrogens is 2. The number of rotatable bonds is 11. The number of hydrogen-bond donors (Lipinski definition) is 3. The molecule has 0 fully saturated rings. The van der Waals surface area contributed by atoms with E-state index in [4.69, 9.17) is 31.4 Å². The summed E-state index contributed by atoms with van der Waals surface area (Å²) in [6.07, 6.45) is 2.03. The van der Waals surface area contributed by atoms with Gasteiger partial charge in [-0.1, -0.05) is 0 Å². The second-order valence-electron chi connectivity index (χ2n) is 8.92. The molecule has 12 heteroatoms. The number of benzene rings is 3. The zero-order valence-corrected chi connectivity index (χ0v) is 23.2. The Kier molecular flexibility index (Phi) is 8.92. The molecular weight excluding hydrogens is 532 g/mol. The number of aryl methyl sites for hydroxylation is 1. The maximum atomic E-state index is 11.4. The minimum absolute atomic E-state index is 0.111. The van der Waals surface area contributed by atoms with Gasteiger partial charge in [0.05, 0.1) is 20.8 Å². The Hall–Kier alpha value is -4.55. The van der Waals surface area contributed by atoms with Crippen LogP contribution in [0.4, 0.5) is 28.8 Å². The molecule has 1 aromatic heterocycles. The highest BCUT2D eigenvalue weighted by atomic mass is 32.2. The van der Waals surface area contributed by atoms with E-state index in [0.29, 0.717) is 47.3 Å². The number of ether oxygens (including phenoxy) is 3. The number of methoxy groups -OCH3 is 2. The molecule has 0 radical (unpaired) electrons. The van der Waals surface area contributed by atoms with E-state index in [2.05, 4.69) is 9.97 Å². The Morgan fingerprint density at radius 1 is 0.975 bits per heavy atom. The molecule has 11 nitrogen and oxygen atoms in total. The molecule has 3 aromatic carbocycles. The second-order valence-corrected chi connectivity index (χ2v) is 9.86. The molecule has 6 N–H and O–H groups in total. The van der Waals surface area contributed by atoms with E-state index in [-0.39, 0.29) is 17.5 Å². The third kappa shape index (κ3) is 6.53. The zero-order valence-electron chi connectivity index (χ0n) is 22.4. The molecule has 0 aliphatic carbocycles. The summed E-state index contributed by atoms with van der Waals surface area (Å²) in [5.41, 5.74) is 22.5. The van der Waals surface area contributed by atoms with Crippen LogP contribution < -0.4 is 36.3 Å². The third-order valence-electron chi connectivity index (χ3n) is 6.25. The van der Waals surface area contributed by atoms with Crippen molar-refractivity contribution in [1.82, 2.24) is 9.97 Å². The minimum Gasteiger partial charge on any atom is -0.768 e. The molecule has 0 aliphatic rings. The van der Waals surface area contributed by atoms with E-state index in [1.54, 1.807) is 44.7 Å². The summed E-state index contributed by atoms with van der Waals surface area (Å²) >= 11 is -2.31. The lowest BCUT2D eigenvalue weighted by Crippen LogP contribution is -2.24. The van der Waals surface area contributed by atoms with Gasteiger partial charge in [0.15, 0.2) is 11.5 Å². The minimum atomic E-state index is -2.31. The van der Waals surface area contributed by atoms with E-state index >= 15 is 0 Å². The monoisotopic (exact) mass is 563 g/mol. The van der Waals surface area contributed by atoms with Crippen LogP contribution in [0.15, 0.2) is 65.7 Å². The number of nitrogen functional groups attached to an aromatic ring is 3. The van der Waals surface area contributed by atoms with Crippen LogP contribution in [0.25, 0.3) is 0 Å². The Labute approximate surface area is 235 Å². The van der Waals surface area contributed by atoms with Gasteiger partial charge in [-0.25, -0.2) is 4.98 Å². The van der Waals surface area contributed by atoms with Gasteiger partial charge >= 0.3 is 0 Å². The predicted molar refractivity (Wildman–Crippen MR) is 155 cm³/mol. The van der Waals surface area contributed by atoms with Crippen molar-refractivity contribution in [3.63, 3.8) is 0 Å². The lowest BCUT2D eigenvalue weighted by Gasteiger charge is -2.27. The molecule has 0 saturated heterocycles. The van der Waals surface area contributed by atoms with Gasteiger partial charge in [-0.05, 0) is 83.7 Å². The first-order chi connectivity index (χ1) is 19.2. The van der Waals surface area contributed by atoms with Crippen molar-refractivity contribution in [3.05, 3.63) is 77.5 Å². The van der Waals surface area contributed by atoms with Crippen LogP contribution in [0.1, 0.15) is 16.7 Å². The molecule has 0 amide bonds. The van der Waals surface area contributed by atoms with Crippen molar-refractivity contribution in [2.75, 3.05) is 49.5 Å². The van der Waals surface area contributed by atoms with Crippen molar-refractivity contribution in [1.29, 1.82) is 0 Å². The number of hydrogen-bond acceptors (Lipinski definition) is 11. The van der Waals surface area contributed by atoms with Crippen LogP contribution in [0.5, 0.6) is 17.2 Å². The molecule has 0 aliphatic heterocycles. The van der Waals surface area contributed by atoms with Gasteiger partial charge in [0.1, 0.15) is 12.4 Å². The first kappa shape index (κ1) is 28.5. The molecule has 210 valence electrons. The summed E-state index contributed by atoms with van der Waals surface area (Å²) in [6, 6.07) is 15.9. The van der Waals surface area contributed by atoms with Crippen molar-refractivity contribution in [2.45, 2.75) is 18.2 Å². The van der Waals surface area contributed by atoms with Crippen molar-refractivity contribution < 1.29 is 23.0 Å². The molecule has 4 rings (SSSR count). The molecule has 0 bridgehead atoms. The van der Waals surface area contributed by atoms with Crippen molar-refractivity contribution in [3.8, 4) is 17.2 Å². The van der Waals surface area contributed by atoms with Crippen LogP contribution in [0, 0.1) is 6.92 Å². The zero-order chi connectivity index (χ0) is 28.8. The average molecular weight is 564 g/mol. The van der Waals surface area contributed by atoms with Gasteiger partial charge in [0.2, 0.25) is 11.7 Å². The molecular formula is C28H31N6O5S-. The molecule has 1 atom stereocenters. The quantitative estimate of drug-likeness (QED) is 0.180. The third-order valence-corrected chi connectivity index (χ3v) is 6.90. The van der Waals surface area contributed by atoms with Crippen LogP contribution in [0.2, 0.25) is 0 Å². The lowest BCUT2D eigenvalue weighted by atomic mass is 10.1. The summed E-state index contributed by atoms with van der Waals surface area (Å²) in [5.74, 6) is 1.84. The van der Waals surface area contributed by atoms with Crippen molar-refractivity contribution in [2.24, 2.45) is 0 Å². The van der Waals surface area contributed by atoms with Gasteiger partial charge in [-0.2, -0.15) is 4.98 Å². The predicted octanol–water partition coefficient (Wildman–Crippen LogP) is 3.59. The number of anilines is 5. The normalized spacial score (nSPS) is 11.6. The SMILES string of the molecule is COc1cc(Cc2cnc(N)nc2N)cc(OC)c1OCCN(c1ccc(S(=O)[O-])cc1)c1ccc(N)cc1C. The van der Waals surface area contributed by atoms with E-state index in [0.717, 1.165) is 22.5 Å². The Bertz CT molecular complexity index is 1490. The Balaban J connectivity index is 1.59. The number of nitrogens with two attached hydrogens (primary N) is 3. The fraction of sp³-hybridized carbons (Fsp3) is 0.214. The van der Waals surface area contributed by atoms with Gasteiger partial charge in [0.25, 0.3) is 0 Å². The topological polar surface area (TPSA) is 175 Å². The maximum absolute atomic E-state index is 11.4. The molecule has 40 heavy (non-hydrogen) atoms. The average Bonchev–Trinajstić information content (AvgIpc) is 2.93. The number of nitrogens with zero attached hydrogens (tertiary/aromatic N) is 3. The van der Waals surface area contributed by atoms with Crippen LogP contribution in [0.3, 0.4) is 0 Å². The van der Waals surface area contributed by atoms with Crippen LogP contribution >= 0.6 is 0 Å². The summed E-state index contributed by atoms with van der Waals surface area (Å²) in [6.45, 7) is 2.64. The van der Waals surface area contributed by atoms with Crippen LogP contribution in [-0.2, 0) is 17.5 Å². The largest absolute Gasteiger partial charge is 0.768 e. The Morgan fingerprint density at radius 2 is 1.65 bits per heavy atom. The fourth-order valence-electron chi connectivity index (χ4n) is 4.32. The smallest absolute Gasteiger partial charge is 0.221 e. The van der Waals surface area contributed by atoms with E-state index in [9.17, 15) is 8.76 Å². The lowest BCUT2D eigenvalue weighted by molar-refractivity contribution is 0.281. The van der Waals surface area contributed by atoms with Crippen LogP contribution in [-0.4, -0.2) is 46.1 Å². The summed E-state index contributed by atoms with van der Waals surface area (Å²) in [5, 5.41) is 0. The van der Waals surface area contributed by atoms with E-state index in [1.807, 2.05) is 42.2 Å². The van der Waals surface area contributed by atoms with Gasteiger partial charge in [-0.15, -0.1) is 0 Å². The summed E-state index contributed by atoms with van der Waals surface area (Å²) in [4.78, 5) is 10.3. The fourth-order valence-corrected chi connectivity index (χ4v) is 4.67. The molecule has 0 spiro atoms. The molecule has 1 heterocycles. The molecule has 1 unspecified atom stereocenters. The highest BCUT2D eigenvalue weighted by molar-refractivity contribution is 7.79.